The lowest BCUT2D eigenvalue weighted by molar-refractivity contribution is -0.141. The molecule has 2 N–H and O–H groups in total. The molecule has 0 aliphatic heterocycles. The summed E-state index contributed by atoms with van der Waals surface area (Å²) in [4.78, 5) is 23.6. The number of hydrogen-bond donors (Lipinski definition) is 2. The van der Waals surface area contributed by atoms with Crippen molar-refractivity contribution in [3.05, 3.63) is 0 Å². The molecule has 0 bridgehead atoms. The standard InChI is InChI=1S/C12H24N2O2/c1-6-7-8-13-10(15)12(4,5)11(16)14-9(2)3/h9H,6-8H2,1-5H3,(H,13,15)(H,14,16). The molecule has 0 heterocycles. The molecule has 0 aliphatic rings. The molecule has 0 rings (SSSR count). The molecule has 0 aromatic carbocycles. The predicted molar refractivity (Wildman–Crippen MR) is 65.0 cm³/mol. The molecule has 0 spiro atoms. The van der Waals surface area contributed by atoms with Gasteiger partial charge in [-0.2, -0.15) is 0 Å². The Morgan fingerprint density at radius 2 is 1.75 bits per heavy atom. The van der Waals surface area contributed by atoms with Crippen molar-refractivity contribution in [1.82, 2.24) is 10.6 Å². The molecule has 4 heteroatoms. The summed E-state index contributed by atoms with van der Waals surface area (Å²) in [6.07, 6.45) is 1.96. The lowest BCUT2D eigenvalue weighted by Crippen LogP contribution is -2.49. The van der Waals surface area contributed by atoms with Crippen molar-refractivity contribution in [3.8, 4) is 0 Å². The molecule has 0 fully saturated rings. The second-order valence-corrected chi connectivity index (χ2v) is 4.86. The molecule has 0 aromatic heterocycles. The highest BCUT2D eigenvalue weighted by molar-refractivity contribution is 6.04. The van der Waals surface area contributed by atoms with Crippen molar-refractivity contribution in [1.29, 1.82) is 0 Å². The van der Waals surface area contributed by atoms with Crippen molar-refractivity contribution in [2.45, 2.75) is 53.5 Å². The molecule has 94 valence electrons. The van der Waals surface area contributed by atoms with E-state index in [0.29, 0.717) is 6.54 Å². The molecule has 4 nitrogen and oxygen atoms in total. The molecule has 0 aliphatic carbocycles. The fraction of sp³-hybridized carbons (Fsp3) is 0.833. The van der Waals surface area contributed by atoms with Crippen LogP contribution in [0.4, 0.5) is 0 Å². The van der Waals surface area contributed by atoms with E-state index in [4.69, 9.17) is 0 Å². The maximum atomic E-state index is 11.8. The Labute approximate surface area is 98.2 Å². The van der Waals surface area contributed by atoms with Gasteiger partial charge in [0.05, 0.1) is 0 Å². The highest BCUT2D eigenvalue weighted by atomic mass is 16.2. The quantitative estimate of drug-likeness (QED) is 0.534. The fourth-order valence-electron chi connectivity index (χ4n) is 1.15. The lowest BCUT2D eigenvalue weighted by Gasteiger charge is -2.23. The van der Waals surface area contributed by atoms with Gasteiger partial charge >= 0.3 is 0 Å². The van der Waals surface area contributed by atoms with Gasteiger partial charge in [0, 0.05) is 12.6 Å². The Bertz CT molecular complexity index is 247. The third-order valence-corrected chi connectivity index (χ3v) is 2.37. The second kappa shape index (κ2) is 6.51. The van der Waals surface area contributed by atoms with E-state index in [1.807, 2.05) is 13.8 Å². The summed E-state index contributed by atoms with van der Waals surface area (Å²) in [5.74, 6) is -0.435. The Kier molecular flexibility index (Phi) is 6.08. The number of carbonyl (C=O) groups excluding carboxylic acids is 2. The Hall–Kier alpha value is -1.06. The maximum absolute atomic E-state index is 11.8. The molecule has 0 saturated heterocycles. The summed E-state index contributed by atoms with van der Waals surface area (Å²) in [5.41, 5.74) is -1.00. The van der Waals surface area contributed by atoms with Crippen LogP contribution < -0.4 is 10.6 Å². The van der Waals surface area contributed by atoms with Gasteiger partial charge in [0.25, 0.3) is 0 Å². The van der Waals surface area contributed by atoms with Gasteiger partial charge in [-0.3, -0.25) is 9.59 Å². The van der Waals surface area contributed by atoms with E-state index in [0.717, 1.165) is 12.8 Å². The number of carbonyl (C=O) groups is 2. The minimum atomic E-state index is -1.00. The highest BCUT2D eigenvalue weighted by Crippen LogP contribution is 2.15. The fourth-order valence-corrected chi connectivity index (χ4v) is 1.15. The average molecular weight is 228 g/mol. The van der Waals surface area contributed by atoms with Crippen molar-refractivity contribution in [2.24, 2.45) is 5.41 Å². The van der Waals surface area contributed by atoms with Crippen LogP contribution in [0, 0.1) is 5.41 Å². The number of unbranched alkanes of at least 4 members (excludes halogenated alkanes) is 1. The Morgan fingerprint density at radius 1 is 1.19 bits per heavy atom. The number of rotatable bonds is 6. The van der Waals surface area contributed by atoms with Crippen molar-refractivity contribution >= 4 is 11.8 Å². The van der Waals surface area contributed by atoms with Crippen molar-refractivity contribution < 1.29 is 9.59 Å². The topological polar surface area (TPSA) is 58.2 Å². The molecule has 2 amide bonds. The van der Waals surface area contributed by atoms with Crippen LogP contribution in [0.2, 0.25) is 0 Å². The molecule has 0 saturated carbocycles. The first-order chi connectivity index (χ1) is 7.32. The molecule has 0 unspecified atom stereocenters. The van der Waals surface area contributed by atoms with E-state index in [-0.39, 0.29) is 17.9 Å². The van der Waals surface area contributed by atoms with Crippen LogP contribution >= 0.6 is 0 Å². The summed E-state index contributed by atoms with van der Waals surface area (Å²) in [7, 11) is 0. The normalized spacial score (nSPS) is 11.4. The predicted octanol–water partition coefficient (Wildman–Crippen LogP) is 1.45. The third-order valence-electron chi connectivity index (χ3n) is 2.37. The highest BCUT2D eigenvalue weighted by Gasteiger charge is 2.35. The summed E-state index contributed by atoms with van der Waals surface area (Å²) >= 11 is 0. The van der Waals surface area contributed by atoms with E-state index >= 15 is 0 Å². The van der Waals surface area contributed by atoms with Crippen LogP contribution in [0.25, 0.3) is 0 Å². The maximum Gasteiger partial charge on any atom is 0.235 e. The lowest BCUT2D eigenvalue weighted by atomic mass is 9.90. The molecule has 0 atom stereocenters. The minimum Gasteiger partial charge on any atom is -0.355 e. The van der Waals surface area contributed by atoms with Gasteiger partial charge in [-0.15, -0.1) is 0 Å². The Balaban J connectivity index is 4.29. The van der Waals surface area contributed by atoms with E-state index in [1.54, 1.807) is 13.8 Å². The second-order valence-electron chi connectivity index (χ2n) is 4.86. The molecule has 0 aromatic rings. The summed E-state index contributed by atoms with van der Waals surface area (Å²) in [5, 5.41) is 5.53. The summed E-state index contributed by atoms with van der Waals surface area (Å²) in [6.45, 7) is 9.74. The zero-order chi connectivity index (χ0) is 12.8. The van der Waals surface area contributed by atoms with Gasteiger partial charge in [0.15, 0.2) is 0 Å². The van der Waals surface area contributed by atoms with Crippen LogP contribution in [-0.4, -0.2) is 24.4 Å². The van der Waals surface area contributed by atoms with Crippen LogP contribution in [0.15, 0.2) is 0 Å². The van der Waals surface area contributed by atoms with Crippen molar-refractivity contribution in [2.75, 3.05) is 6.54 Å². The molecular formula is C12H24N2O2. The zero-order valence-electron chi connectivity index (χ0n) is 11.0. The summed E-state index contributed by atoms with van der Waals surface area (Å²) < 4.78 is 0. The van der Waals surface area contributed by atoms with E-state index in [2.05, 4.69) is 17.6 Å². The van der Waals surface area contributed by atoms with Gasteiger partial charge in [-0.25, -0.2) is 0 Å². The third kappa shape index (κ3) is 4.64. The van der Waals surface area contributed by atoms with Gasteiger partial charge in [-0.05, 0) is 34.1 Å². The van der Waals surface area contributed by atoms with Gasteiger partial charge in [0.2, 0.25) is 11.8 Å². The van der Waals surface area contributed by atoms with Crippen LogP contribution in [0.5, 0.6) is 0 Å². The van der Waals surface area contributed by atoms with E-state index in [1.165, 1.54) is 0 Å². The van der Waals surface area contributed by atoms with E-state index in [9.17, 15) is 9.59 Å². The minimum absolute atomic E-state index is 0.0511. The first-order valence-corrected chi connectivity index (χ1v) is 5.91. The number of nitrogens with one attached hydrogen (secondary N) is 2. The van der Waals surface area contributed by atoms with Crippen LogP contribution in [0.1, 0.15) is 47.5 Å². The van der Waals surface area contributed by atoms with Crippen molar-refractivity contribution in [3.63, 3.8) is 0 Å². The monoisotopic (exact) mass is 228 g/mol. The average Bonchev–Trinajstić information content (AvgIpc) is 2.16. The zero-order valence-corrected chi connectivity index (χ0v) is 11.0. The van der Waals surface area contributed by atoms with Gasteiger partial charge in [-0.1, -0.05) is 13.3 Å². The van der Waals surface area contributed by atoms with Gasteiger partial charge < -0.3 is 10.6 Å². The SMILES string of the molecule is CCCCNC(=O)C(C)(C)C(=O)NC(C)C. The first kappa shape index (κ1) is 14.9. The number of hydrogen-bond acceptors (Lipinski definition) is 2. The van der Waals surface area contributed by atoms with E-state index < -0.39 is 5.41 Å². The number of amides is 2. The van der Waals surface area contributed by atoms with Crippen LogP contribution in [-0.2, 0) is 9.59 Å². The smallest absolute Gasteiger partial charge is 0.235 e. The molecular weight excluding hydrogens is 204 g/mol. The Morgan fingerprint density at radius 3 is 2.19 bits per heavy atom. The largest absolute Gasteiger partial charge is 0.355 e. The van der Waals surface area contributed by atoms with Gasteiger partial charge in [0.1, 0.15) is 5.41 Å². The molecule has 16 heavy (non-hydrogen) atoms. The first-order valence-electron chi connectivity index (χ1n) is 5.91. The van der Waals surface area contributed by atoms with Crippen LogP contribution in [0.3, 0.4) is 0 Å². The summed E-state index contributed by atoms with van der Waals surface area (Å²) in [6, 6.07) is 0.0511. The molecule has 0 radical (unpaired) electrons.